The van der Waals surface area contributed by atoms with E-state index in [1.54, 1.807) is 34.9 Å². The highest BCUT2D eigenvalue weighted by atomic mass is 32.2. The monoisotopic (exact) mass is 443 g/mol. The zero-order valence-corrected chi connectivity index (χ0v) is 17.9. The molecule has 0 amide bonds. The van der Waals surface area contributed by atoms with Crippen LogP contribution in [-0.2, 0) is 17.1 Å². The Morgan fingerprint density at radius 1 is 1.23 bits per heavy atom. The van der Waals surface area contributed by atoms with Crippen molar-refractivity contribution >= 4 is 21.4 Å². The molecule has 0 saturated carbocycles. The lowest BCUT2D eigenvalue weighted by atomic mass is 9.99. The van der Waals surface area contributed by atoms with E-state index in [1.165, 1.54) is 18.2 Å². The summed E-state index contributed by atoms with van der Waals surface area (Å²) in [5.74, 6) is 0.0838. The molecule has 162 valence electrons. The molecular weight excluding hydrogens is 422 g/mol. The van der Waals surface area contributed by atoms with E-state index in [2.05, 4.69) is 10.2 Å². The van der Waals surface area contributed by atoms with Gasteiger partial charge in [0, 0.05) is 30.8 Å². The molecule has 0 bridgehead atoms. The van der Waals surface area contributed by atoms with Gasteiger partial charge in [-0.05, 0) is 38.1 Å². The lowest BCUT2D eigenvalue weighted by Crippen LogP contribution is -2.19. The second kappa shape index (κ2) is 7.36. The minimum Gasteiger partial charge on any atom is -0.507 e. The molecule has 3 N–H and O–H groups in total. The predicted octanol–water partition coefficient (Wildman–Crippen LogP) is 1.70. The molecule has 1 aliphatic heterocycles. The molecule has 1 aliphatic rings. The zero-order valence-electron chi connectivity index (χ0n) is 17.1. The maximum atomic E-state index is 12.4. The normalized spacial score (nSPS) is 16.6. The van der Waals surface area contributed by atoms with Crippen LogP contribution in [0.2, 0.25) is 0 Å². The summed E-state index contributed by atoms with van der Waals surface area (Å²) in [5.41, 5.74) is 2.06. The third-order valence-corrected chi connectivity index (χ3v) is 6.24. The predicted molar refractivity (Wildman–Crippen MR) is 114 cm³/mol. The number of hydrazone groups is 1. The molecule has 4 rings (SSSR count). The minimum absolute atomic E-state index is 0.000740. The molecule has 2 aromatic heterocycles. The first-order valence-corrected chi connectivity index (χ1v) is 10.9. The van der Waals surface area contributed by atoms with Crippen LogP contribution in [0.5, 0.6) is 5.75 Å². The summed E-state index contributed by atoms with van der Waals surface area (Å²) in [5, 5.41) is 26.1. The van der Waals surface area contributed by atoms with Gasteiger partial charge in [-0.3, -0.25) is 9.69 Å². The Kier molecular flexibility index (Phi) is 4.94. The number of hydrogen-bond donors (Lipinski definition) is 2. The molecule has 0 saturated heterocycles. The van der Waals surface area contributed by atoms with Crippen molar-refractivity contribution in [3.63, 3.8) is 0 Å². The van der Waals surface area contributed by atoms with Crippen LogP contribution in [-0.4, -0.2) is 29.0 Å². The molecule has 0 aliphatic carbocycles. The number of anilines is 1. The summed E-state index contributed by atoms with van der Waals surface area (Å²) in [6, 6.07) is 6.99. The summed E-state index contributed by atoms with van der Waals surface area (Å²) in [4.78, 5) is 12.4. The standard InChI is InChI=1S/C20H21N5O5S/c1-11-8-18(26)19(20(27)30-11)16-9-17(15-10-22-24(3)12(15)2)25(23-16)13-4-6-14(7-5-13)31(21,28)29/h4-8,10,17,26H,9H2,1-3H3,(H2,21,28,29)/t17-/m1/s1. The fraction of sp³-hybridized carbons (Fsp3) is 0.250. The summed E-state index contributed by atoms with van der Waals surface area (Å²) in [6.45, 7) is 3.49. The summed E-state index contributed by atoms with van der Waals surface area (Å²) in [7, 11) is -2.02. The van der Waals surface area contributed by atoms with Crippen LogP contribution in [0.4, 0.5) is 5.69 Å². The molecular formula is C20H21N5O5S. The van der Waals surface area contributed by atoms with E-state index in [4.69, 9.17) is 9.56 Å². The molecule has 1 aromatic carbocycles. The van der Waals surface area contributed by atoms with E-state index < -0.39 is 15.6 Å². The minimum atomic E-state index is -3.84. The number of aromatic nitrogens is 2. The molecule has 0 fully saturated rings. The van der Waals surface area contributed by atoms with Crippen LogP contribution in [0.1, 0.15) is 35.0 Å². The highest BCUT2D eigenvalue weighted by Gasteiger charge is 2.34. The van der Waals surface area contributed by atoms with Gasteiger partial charge in [0.25, 0.3) is 0 Å². The van der Waals surface area contributed by atoms with Crippen molar-refractivity contribution in [3.8, 4) is 5.75 Å². The SMILES string of the molecule is Cc1cc(O)c(C2=NN(c3ccc(S(N)(=O)=O)cc3)[C@@H](c3cnn(C)c3C)C2)c(=O)o1. The second-order valence-corrected chi connectivity index (χ2v) is 8.93. The number of benzene rings is 1. The van der Waals surface area contributed by atoms with Crippen molar-refractivity contribution in [2.45, 2.75) is 31.2 Å². The summed E-state index contributed by atoms with van der Waals surface area (Å²) in [6.07, 6.45) is 2.03. The first-order chi connectivity index (χ1) is 14.6. The molecule has 11 heteroatoms. The lowest BCUT2D eigenvalue weighted by Gasteiger charge is -2.23. The largest absolute Gasteiger partial charge is 0.507 e. The summed E-state index contributed by atoms with van der Waals surface area (Å²) >= 11 is 0. The topological polar surface area (TPSA) is 144 Å². The van der Waals surface area contributed by atoms with Gasteiger partial charge in [-0.2, -0.15) is 10.2 Å². The van der Waals surface area contributed by atoms with Crippen LogP contribution in [0.15, 0.2) is 55.7 Å². The van der Waals surface area contributed by atoms with Gasteiger partial charge < -0.3 is 9.52 Å². The Morgan fingerprint density at radius 2 is 1.90 bits per heavy atom. The third kappa shape index (κ3) is 3.73. The van der Waals surface area contributed by atoms with Crippen LogP contribution < -0.4 is 15.8 Å². The van der Waals surface area contributed by atoms with Gasteiger partial charge in [-0.25, -0.2) is 18.4 Å². The van der Waals surface area contributed by atoms with Crippen LogP contribution in [0.3, 0.4) is 0 Å². The number of aromatic hydroxyl groups is 1. The smallest absolute Gasteiger partial charge is 0.348 e. The Hall–Kier alpha value is -3.44. The van der Waals surface area contributed by atoms with E-state index in [1.807, 2.05) is 14.0 Å². The van der Waals surface area contributed by atoms with E-state index in [0.29, 0.717) is 23.6 Å². The first kappa shape index (κ1) is 20.8. The number of rotatable bonds is 4. The van der Waals surface area contributed by atoms with Crippen molar-refractivity contribution < 1.29 is 17.9 Å². The molecule has 10 nitrogen and oxygen atoms in total. The first-order valence-electron chi connectivity index (χ1n) is 9.38. The molecule has 3 heterocycles. The average Bonchev–Trinajstić information content (AvgIpc) is 3.24. The number of primary sulfonamides is 1. The van der Waals surface area contributed by atoms with Crippen molar-refractivity contribution in [1.82, 2.24) is 9.78 Å². The van der Waals surface area contributed by atoms with Crippen LogP contribution >= 0.6 is 0 Å². The Bertz CT molecular complexity index is 1360. The number of hydrogen-bond acceptors (Lipinski definition) is 8. The molecule has 31 heavy (non-hydrogen) atoms. The average molecular weight is 443 g/mol. The Balaban J connectivity index is 1.84. The number of nitrogens with zero attached hydrogens (tertiary/aromatic N) is 4. The molecule has 0 spiro atoms. The maximum Gasteiger partial charge on any atom is 0.348 e. The van der Waals surface area contributed by atoms with E-state index in [9.17, 15) is 18.3 Å². The fourth-order valence-corrected chi connectivity index (χ4v) is 4.15. The zero-order chi connectivity index (χ0) is 22.5. The van der Waals surface area contributed by atoms with Gasteiger partial charge in [0.2, 0.25) is 10.0 Å². The highest BCUT2D eigenvalue weighted by molar-refractivity contribution is 7.89. The number of nitrogens with two attached hydrogens (primary N) is 1. The number of sulfonamides is 1. The van der Waals surface area contributed by atoms with E-state index >= 15 is 0 Å². The van der Waals surface area contributed by atoms with Crippen molar-refractivity contribution in [3.05, 3.63) is 69.5 Å². The Morgan fingerprint density at radius 3 is 2.45 bits per heavy atom. The van der Waals surface area contributed by atoms with E-state index in [0.717, 1.165) is 11.3 Å². The molecule has 0 unspecified atom stereocenters. The van der Waals surface area contributed by atoms with Gasteiger partial charge in [0.15, 0.2) is 0 Å². The molecule has 3 aromatic rings. The lowest BCUT2D eigenvalue weighted by molar-refractivity contribution is 0.432. The Labute approximate surface area is 178 Å². The van der Waals surface area contributed by atoms with Gasteiger partial charge in [-0.15, -0.1) is 0 Å². The molecule has 0 radical (unpaired) electrons. The van der Waals surface area contributed by atoms with Crippen molar-refractivity contribution in [2.75, 3.05) is 5.01 Å². The van der Waals surface area contributed by atoms with Crippen molar-refractivity contribution in [2.24, 2.45) is 17.3 Å². The third-order valence-electron chi connectivity index (χ3n) is 5.31. The van der Waals surface area contributed by atoms with Gasteiger partial charge in [-0.1, -0.05) is 0 Å². The molecule has 1 atom stereocenters. The van der Waals surface area contributed by atoms with Crippen LogP contribution in [0.25, 0.3) is 0 Å². The number of aryl methyl sites for hydroxylation is 2. The van der Waals surface area contributed by atoms with Gasteiger partial charge >= 0.3 is 5.63 Å². The van der Waals surface area contributed by atoms with Gasteiger partial charge in [0.05, 0.1) is 28.5 Å². The van der Waals surface area contributed by atoms with E-state index in [-0.39, 0.29) is 22.3 Å². The summed E-state index contributed by atoms with van der Waals surface area (Å²) < 4.78 is 30.1. The highest BCUT2D eigenvalue weighted by Crippen LogP contribution is 2.38. The van der Waals surface area contributed by atoms with Crippen LogP contribution in [0, 0.1) is 13.8 Å². The van der Waals surface area contributed by atoms with Gasteiger partial charge in [0.1, 0.15) is 17.1 Å². The quantitative estimate of drug-likeness (QED) is 0.624. The van der Waals surface area contributed by atoms with Crippen molar-refractivity contribution in [1.29, 1.82) is 0 Å². The fourth-order valence-electron chi connectivity index (χ4n) is 3.63. The maximum absolute atomic E-state index is 12.4. The second-order valence-electron chi connectivity index (χ2n) is 7.36.